The maximum absolute atomic E-state index is 12.7. The molecule has 0 aliphatic carbocycles. The van der Waals surface area contributed by atoms with Crippen molar-refractivity contribution in [1.82, 2.24) is 4.98 Å². The summed E-state index contributed by atoms with van der Waals surface area (Å²) < 4.78 is 0. The zero-order valence-electron chi connectivity index (χ0n) is 12.2. The molecule has 2 aromatic carbocycles. The van der Waals surface area contributed by atoms with E-state index in [0.717, 1.165) is 26.2 Å². The van der Waals surface area contributed by atoms with Gasteiger partial charge in [-0.15, -0.1) is 23.1 Å². The van der Waals surface area contributed by atoms with E-state index in [1.807, 2.05) is 60.7 Å². The topological polar surface area (TPSA) is 30.0 Å². The van der Waals surface area contributed by atoms with Gasteiger partial charge in [-0.2, -0.15) is 0 Å². The molecule has 22 heavy (non-hydrogen) atoms. The first-order chi connectivity index (χ1) is 10.8. The Morgan fingerprint density at radius 2 is 1.68 bits per heavy atom. The highest BCUT2D eigenvalue weighted by atomic mass is 32.2. The third-order valence-electron chi connectivity index (χ3n) is 3.14. The number of thiazole rings is 1. The molecule has 0 aliphatic heterocycles. The van der Waals surface area contributed by atoms with Gasteiger partial charge in [-0.05, 0) is 5.75 Å². The zero-order chi connectivity index (χ0) is 15.4. The molecule has 3 rings (SSSR count). The largest absolute Gasteiger partial charge is 0.288 e. The number of aromatic nitrogens is 1. The fourth-order valence-electron chi connectivity index (χ4n) is 2.11. The normalized spacial score (nSPS) is 10.6. The maximum Gasteiger partial charge on any atom is 0.205 e. The molecule has 0 aliphatic rings. The number of hydrogen-bond donors (Lipinski definition) is 0. The molecule has 0 atom stereocenters. The van der Waals surface area contributed by atoms with Crippen molar-refractivity contribution in [2.45, 2.75) is 11.9 Å². The Morgan fingerprint density at radius 3 is 2.32 bits per heavy atom. The SMILES string of the molecule is CCSc1nc(-c2ccccc2)sc1C(=O)c1ccccc1. The molecule has 0 N–H and O–H groups in total. The minimum atomic E-state index is 0.0521. The second-order valence-electron chi connectivity index (χ2n) is 4.65. The predicted molar refractivity (Wildman–Crippen MR) is 93.8 cm³/mol. The first-order valence-corrected chi connectivity index (χ1v) is 8.88. The summed E-state index contributed by atoms with van der Waals surface area (Å²) in [6, 6.07) is 19.4. The summed E-state index contributed by atoms with van der Waals surface area (Å²) >= 11 is 3.09. The number of nitrogens with zero attached hydrogens (tertiary/aromatic N) is 1. The maximum atomic E-state index is 12.7. The van der Waals surface area contributed by atoms with E-state index in [1.54, 1.807) is 11.8 Å². The summed E-state index contributed by atoms with van der Waals surface area (Å²) in [4.78, 5) is 18.2. The molecular weight excluding hydrogens is 310 g/mol. The van der Waals surface area contributed by atoms with Gasteiger partial charge in [0.25, 0.3) is 0 Å². The van der Waals surface area contributed by atoms with Crippen molar-refractivity contribution in [1.29, 1.82) is 0 Å². The van der Waals surface area contributed by atoms with Crippen molar-refractivity contribution < 1.29 is 4.79 Å². The number of rotatable bonds is 5. The molecule has 0 spiro atoms. The smallest absolute Gasteiger partial charge is 0.205 e. The van der Waals surface area contributed by atoms with Crippen LogP contribution in [0.3, 0.4) is 0 Å². The average molecular weight is 325 g/mol. The molecule has 0 radical (unpaired) electrons. The monoisotopic (exact) mass is 325 g/mol. The van der Waals surface area contributed by atoms with Crippen LogP contribution in [-0.4, -0.2) is 16.5 Å². The zero-order valence-corrected chi connectivity index (χ0v) is 13.8. The minimum Gasteiger partial charge on any atom is -0.288 e. The highest BCUT2D eigenvalue weighted by molar-refractivity contribution is 7.99. The Balaban J connectivity index is 2.03. The van der Waals surface area contributed by atoms with E-state index in [9.17, 15) is 4.79 Å². The van der Waals surface area contributed by atoms with Crippen molar-refractivity contribution in [2.75, 3.05) is 5.75 Å². The van der Waals surface area contributed by atoms with Crippen LogP contribution < -0.4 is 0 Å². The van der Waals surface area contributed by atoms with Crippen molar-refractivity contribution >= 4 is 28.9 Å². The van der Waals surface area contributed by atoms with Gasteiger partial charge in [0, 0.05) is 11.1 Å². The lowest BCUT2D eigenvalue weighted by Crippen LogP contribution is -1.99. The summed E-state index contributed by atoms with van der Waals surface area (Å²) in [6.45, 7) is 2.07. The van der Waals surface area contributed by atoms with Gasteiger partial charge in [0.05, 0.1) is 0 Å². The van der Waals surface area contributed by atoms with Crippen LogP contribution in [0.4, 0.5) is 0 Å². The van der Waals surface area contributed by atoms with Gasteiger partial charge in [0.1, 0.15) is 14.9 Å². The number of hydrogen-bond acceptors (Lipinski definition) is 4. The van der Waals surface area contributed by atoms with Crippen LogP contribution in [0.25, 0.3) is 10.6 Å². The Morgan fingerprint density at radius 1 is 1.05 bits per heavy atom. The number of ketones is 1. The summed E-state index contributed by atoms with van der Waals surface area (Å²) in [7, 11) is 0. The molecule has 110 valence electrons. The fraction of sp³-hybridized carbons (Fsp3) is 0.111. The Hall–Kier alpha value is -1.91. The van der Waals surface area contributed by atoms with E-state index in [1.165, 1.54) is 11.3 Å². The number of carbonyl (C=O) groups excluding carboxylic acids is 1. The van der Waals surface area contributed by atoms with E-state index in [2.05, 4.69) is 11.9 Å². The number of benzene rings is 2. The van der Waals surface area contributed by atoms with Crippen LogP contribution in [0.5, 0.6) is 0 Å². The Kier molecular flexibility index (Phi) is 4.71. The molecule has 0 saturated heterocycles. The first-order valence-electron chi connectivity index (χ1n) is 7.08. The average Bonchev–Trinajstić information content (AvgIpc) is 3.00. The van der Waals surface area contributed by atoms with Crippen molar-refractivity contribution in [3.63, 3.8) is 0 Å². The van der Waals surface area contributed by atoms with Gasteiger partial charge in [-0.3, -0.25) is 4.79 Å². The highest BCUT2D eigenvalue weighted by Gasteiger charge is 2.20. The molecule has 0 unspecified atom stereocenters. The van der Waals surface area contributed by atoms with Gasteiger partial charge in [-0.1, -0.05) is 67.6 Å². The van der Waals surface area contributed by atoms with E-state index in [4.69, 9.17) is 0 Å². The molecule has 2 nitrogen and oxygen atoms in total. The fourth-order valence-corrected chi connectivity index (χ4v) is 4.05. The molecule has 4 heteroatoms. The van der Waals surface area contributed by atoms with Crippen LogP contribution in [0, 0.1) is 0 Å². The number of carbonyl (C=O) groups is 1. The molecule has 3 aromatic rings. The van der Waals surface area contributed by atoms with Crippen LogP contribution in [0.1, 0.15) is 22.2 Å². The molecule has 0 amide bonds. The van der Waals surface area contributed by atoms with Gasteiger partial charge >= 0.3 is 0 Å². The molecule has 0 saturated carbocycles. The van der Waals surface area contributed by atoms with E-state index in [0.29, 0.717) is 5.56 Å². The van der Waals surface area contributed by atoms with Crippen molar-refractivity contribution in [3.05, 3.63) is 71.1 Å². The van der Waals surface area contributed by atoms with Crippen molar-refractivity contribution in [3.8, 4) is 10.6 Å². The summed E-state index contributed by atoms with van der Waals surface area (Å²) in [5.41, 5.74) is 1.77. The predicted octanol–water partition coefficient (Wildman–Crippen LogP) is 5.15. The standard InChI is InChI=1S/C18H15NOS2/c1-2-21-18-16(15(20)13-9-5-3-6-10-13)22-17(19-18)14-11-7-4-8-12-14/h3-12H,2H2,1H3. The molecular formula is C18H15NOS2. The molecule has 0 bridgehead atoms. The van der Waals surface area contributed by atoms with Crippen LogP contribution >= 0.6 is 23.1 Å². The van der Waals surface area contributed by atoms with E-state index < -0.39 is 0 Å². The second kappa shape index (κ2) is 6.90. The van der Waals surface area contributed by atoms with Crippen LogP contribution in [0.2, 0.25) is 0 Å². The lowest BCUT2D eigenvalue weighted by atomic mass is 10.1. The van der Waals surface area contributed by atoms with Gasteiger partial charge in [0.2, 0.25) is 5.78 Å². The third-order valence-corrected chi connectivity index (χ3v) is 5.23. The van der Waals surface area contributed by atoms with Gasteiger partial charge in [0.15, 0.2) is 0 Å². The highest BCUT2D eigenvalue weighted by Crippen LogP contribution is 2.34. The summed E-state index contributed by atoms with van der Waals surface area (Å²) in [6.07, 6.45) is 0. The molecule has 0 fully saturated rings. The third kappa shape index (κ3) is 3.13. The Bertz CT molecular complexity index is 766. The van der Waals surface area contributed by atoms with Gasteiger partial charge in [-0.25, -0.2) is 4.98 Å². The summed E-state index contributed by atoms with van der Waals surface area (Å²) in [5, 5.41) is 1.73. The lowest BCUT2D eigenvalue weighted by molar-refractivity contribution is 0.103. The Labute approximate surface area is 138 Å². The van der Waals surface area contributed by atoms with Crippen LogP contribution in [-0.2, 0) is 0 Å². The lowest BCUT2D eigenvalue weighted by Gasteiger charge is -1.99. The molecule has 1 heterocycles. The molecule has 1 aromatic heterocycles. The second-order valence-corrected chi connectivity index (χ2v) is 6.90. The van der Waals surface area contributed by atoms with Crippen LogP contribution in [0.15, 0.2) is 65.7 Å². The number of thioether (sulfide) groups is 1. The summed E-state index contributed by atoms with van der Waals surface area (Å²) in [5.74, 6) is 0.948. The first kappa shape index (κ1) is 15.0. The van der Waals surface area contributed by atoms with Crippen molar-refractivity contribution in [2.24, 2.45) is 0 Å². The van der Waals surface area contributed by atoms with E-state index in [-0.39, 0.29) is 5.78 Å². The van der Waals surface area contributed by atoms with E-state index >= 15 is 0 Å². The quantitative estimate of drug-likeness (QED) is 0.480. The minimum absolute atomic E-state index is 0.0521. The van der Waals surface area contributed by atoms with Gasteiger partial charge < -0.3 is 0 Å².